The van der Waals surface area contributed by atoms with Crippen LogP contribution in [0.25, 0.3) is 0 Å². The lowest BCUT2D eigenvalue weighted by Gasteiger charge is -2.42. The number of carbonyl (C=O) groups excluding carboxylic acids is 3. The van der Waals surface area contributed by atoms with Gasteiger partial charge < -0.3 is 9.47 Å². The number of allylic oxidation sites excluding steroid dienone is 2. The third-order valence-electron chi connectivity index (χ3n) is 7.76. The zero-order chi connectivity index (χ0) is 22.9. The first-order valence-electron chi connectivity index (χ1n) is 11.5. The van der Waals surface area contributed by atoms with Gasteiger partial charge in [0.2, 0.25) is 11.8 Å². The summed E-state index contributed by atoms with van der Waals surface area (Å²) in [5.41, 5.74) is 2.03. The topological polar surface area (TPSA) is 76.2 Å². The van der Waals surface area contributed by atoms with E-state index in [0.29, 0.717) is 22.9 Å². The Hall–Kier alpha value is -3.25. The molecular weight excluding hydrogens is 418 g/mol. The number of fused-ring (bicyclic) bond motifs is 1. The van der Waals surface area contributed by atoms with Gasteiger partial charge in [0, 0.05) is 5.56 Å². The average molecular weight is 443 g/mol. The van der Waals surface area contributed by atoms with Gasteiger partial charge in [0.15, 0.2) is 11.9 Å². The minimum atomic E-state index is -0.523. The molecule has 2 aliphatic heterocycles. The maximum Gasteiger partial charge on any atom is 0.238 e. The molecule has 2 amide bonds. The van der Waals surface area contributed by atoms with Crippen LogP contribution in [-0.2, 0) is 14.3 Å². The van der Waals surface area contributed by atoms with Crippen molar-refractivity contribution in [1.82, 2.24) is 0 Å². The molecule has 2 heterocycles. The van der Waals surface area contributed by atoms with E-state index in [-0.39, 0.29) is 47.4 Å². The summed E-state index contributed by atoms with van der Waals surface area (Å²) >= 11 is 0. The number of anilines is 1. The molecule has 168 valence electrons. The van der Waals surface area contributed by atoms with Crippen molar-refractivity contribution in [3.05, 3.63) is 71.8 Å². The predicted octanol–water partition coefficient (Wildman–Crippen LogP) is 3.97. The lowest BCUT2D eigenvalue weighted by atomic mass is 9.59. The largest absolute Gasteiger partial charge is 0.497 e. The monoisotopic (exact) mass is 443 g/mol. The molecular formula is C27H25NO5. The summed E-state index contributed by atoms with van der Waals surface area (Å²) in [6.45, 7) is 2.17. The molecule has 2 aromatic carbocycles. The molecule has 33 heavy (non-hydrogen) atoms. The highest BCUT2D eigenvalue weighted by Gasteiger charge is 2.58. The van der Waals surface area contributed by atoms with Crippen LogP contribution in [0.15, 0.2) is 60.7 Å². The van der Waals surface area contributed by atoms with Crippen LogP contribution in [0.1, 0.15) is 35.4 Å². The van der Waals surface area contributed by atoms with Crippen LogP contribution < -0.4 is 9.64 Å². The van der Waals surface area contributed by atoms with Gasteiger partial charge in [-0.15, -0.1) is 0 Å². The predicted molar refractivity (Wildman–Crippen MR) is 121 cm³/mol. The van der Waals surface area contributed by atoms with E-state index in [0.717, 1.165) is 12.0 Å². The fraction of sp³-hybridized carbons (Fsp3) is 0.370. The van der Waals surface area contributed by atoms with Crippen LogP contribution in [-0.4, -0.2) is 30.8 Å². The number of nitrogens with zero attached hydrogens (tertiary/aromatic N) is 1. The molecule has 5 unspecified atom stereocenters. The Morgan fingerprint density at radius 2 is 1.67 bits per heavy atom. The number of carbonyl (C=O) groups is 3. The van der Waals surface area contributed by atoms with Crippen LogP contribution in [0.2, 0.25) is 0 Å². The lowest BCUT2D eigenvalue weighted by molar-refractivity contribution is -0.125. The van der Waals surface area contributed by atoms with Crippen molar-refractivity contribution in [2.24, 2.45) is 29.6 Å². The molecule has 0 spiro atoms. The summed E-state index contributed by atoms with van der Waals surface area (Å²) in [6, 6.07) is 14.2. The summed E-state index contributed by atoms with van der Waals surface area (Å²) in [6.07, 6.45) is 4.40. The van der Waals surface area contributed by atoms with Gasteiger partial charge in [-0.3, -0.25) is 19.3 Å². The molecule has 2 bridgehead atoms. The fourth-order valence-corrected chi connectivity index (χ4v) is 5.99. The van der Waals surface area contributed by atoms with Gasteiger partial charge in [0.05, 0.1) is 24.6 Å². The van der Waals surface area contributed by atoms with Crippen molar-refractivity contribution in [3.8, 4) is 5.75 Å². The van der Waals surface area contributed by atoms with Crippen LogP contribution in [0.5, 0.6) is 5.75 Å². The van der Waals surface area contributed by atoms with Crippen molar-refractivity contribution in [2.75, 3.05) is 12.0 Å². The number of benzene rings is 2. The molecule has 0 aromatic heterocycles. The quantitative estimate of drug-likeness (QED) is 0.303. The number of methoxy groups -OCH3 is 1. The first-order valence-corrected chi connectivity index (χ1v) is 11.5. The summed E-state index contributed by atoms with van der Waals surface area (Å²) in [5.74, 6) is 0.699. The zero-order valence-electron chi connectivity index (χ0n) is 18.5. The second-order valence-corrected chi connectivity index (χ2v) is 9.56. The molecule has 2 saturated heterocycles. The van der Waals surface area contributed by atoms with Crippen molar-refractivity contribution >= 4 is 23.3 Å². The Balaban J connectivity index is 1.18. The molecule has 0 N–H and O–H groups in total. The number of imide groups is 1. The van der Waals surface area contributed by atoms with Gasteiger partial charge in [-0.05, 0) is 66.1 Å². The Kier molecular flexibility index (Phi) is 4.56. The number of hydrogen-bond acceptors (Lipinski definition) is 5. The van der Waals surface area contributed by atoms with Crippen LogP contribution >= 0.6 is 0 Å². The zero-order valence-corrected chi connectivity index (χ0v) is 18.5. The van der Waals surface area contributed by atoms with Crippen molar-refractivity contribution in [3.63, 3.8) is 0 Å². The number of ketones is 1. The highest BCUT2D eigenvalue weighted by atomic mass is 16.6. The Bertz CT molecular complexity index is 1170. The van der Waals surface area contributed by atoms with Gasteiger partial charge in [0.25, 0.3) is 0 Å². The highest BCUT2D eigenvalue weighted by Crippen LogP contribution is 2.52. The summed E-state index contributed by atoms with van der Waals surface area (Å²) in [5, 5.41) is 0. The third-order valence-corrected chi connectivity index (χ3v) is 7.76. The van der Waals surface area contributed by atoms with Gasteiger partial charge in [-0.2, -0.15) is 0 Å². The van der Waals surface area contributed by atoms with E-state index in [1.54, 1.807) is 43.5 Å². The molecule has 6 nitrogen and oxygen atoms in total. The van der Waals surface area contributed by atoms with Crippen LogP contribution in [0, 0.1) is 29.6 Å². The third kappa shape index (κ3) is 3.08. The standard InChI is InChI=1S/C27H25NO5/c1-14-13-17-7-12-20(14)22-21(17)26(30)28(27(22)31)18-8-3-16(4-9-18)24-25(33-24)23(29)15-5-10-19(32-2)11-6-15/h3-12,14,17,20-22,24-25H,13H2,1-2H3/t14-,17+,20?,21?,22?,24?,25?/m0/s1. The van der Waals surface area contributed by atoms with Gasteiger partial charge >= 0.3 is 0 Å². The minimum absolute atomic E-state index is 0.0715. The molecule has 2 aromatic rings. The minimum Gasteiger partial charge on any atom is -0.497 e. The average Bonchev–Trinajstić information content (AvgIpc) is 3.59. The van der Waals surface area contributed by atoms with Crippen molar-refractivity contribution in [2.45, 2.75) is 25.6 Å². The molecule has 1 saturated carbocycles. The first-order chi connectivity index (χ1) is 16.0. The summed E-state index contributed by atoms with van der Waals surface area (Å²) in [7, 11) is 1.58. The van der Waals surface area contributed by atoms with Gasteiger partial charge in [-0.1, -0.05) is 31.2 Å². The normalized spacial score (nSPS) is 33.9. The molecule has 7 rings (SSSR count). The number of ether oxygens (including phenoxy) is 2. The van der Waals surface area contributed by atoms with Crippen LogP contribution in [0.4, 0.5) is 5.69 Å². The maximum absolute atomic E-state index is 13.3. The van der Waals surface area contributed by atoms with E-state index >= 15 is 0 Å². The van der Waals surface area contributed by atoms with Crippen LogP contribution in [0.3, 0.4) is 0 Å². The van der Waals surface area contributed by atoms with Gasteiger partial charge in [0.1, 0.15) is 11.9 Å². The number of rotatable bonds is 5. The van der Waals surface area contributed by atoms with Crippen molar-refractivity contribution < 1.29 is 23.9 Å². The van der Waals surface area contributed by atoms with E-state index < -0.39 is 6.10 Å². The van der Waals surface area contributed by atoms with E-state index in [2.05, 4.69) is 19.1 Å². The maximum atomic E-state index is 13.3. The lowest BCUT2D eigenvalue weighted by Crippen LogP contribution is -2.42. The summed E-state index contributed by atoms with van der Waals surface area (Å²) in [4.78, 5) is 40.6. The number of Topliss-reactive ketones (excluding diaryl/α,β-unsaturated/α-hetero) is 1. The second-order valence-electron chi connectivity index (χ2n) is 9.56. The molecule has 5 aliphatic rings. The summed E-state index contributed by atoms with van der Waals surface area (Å²) < 4.78 is 10.8. The van der Waals surface area contributed by atoms with E-state index in [1.165, 1.54) is 4.90 Å². The van der Waals surface area contributed by atoms with E-state index in [9.17, 15) is 14.4 Å². The Labute approximate surface area is 192 Å². The molecule has 0 radical (unpaired) electrons. The fourth-order valence-electron chi connectivity index (χ4n) is 5.99. The molecule has 3 aliphatic carbocycles. The van der Waals surface area contributed by atoms with Gasteiger partial charge in [-0.25, -0.2) is 0 Å². The number of hydrogen-bond donors (Lipinski definition) is 0. The molecule has 6 heteroatoms. The number of epoxide rings is 1. The number of amides is 2. The SMILES string of the molecule is COc1ccc(C(=O)C2OC2c2ccc(N3C(=O)C4C(C3=O)[C@@H]3C=CC4[C@@H](C)C3)cc2)cc1. The Morgan fingerprint density at radius 1 is 0.970 bits per heavy atom. The van der Waals surface area contributed by atoms with Crippen molar-refractivity contribution in [1.29, 1.82) is 0 Å². The van der Waals surface area contributed by atoms with E-state index in [1.807, 2.05) is 12.1 Å². The first kappa shape index (κ1) is 20.4. The smallest absolute Gasteiger partial charge is 0.238 e. The molecule has 3 fully saturated rings. The second kappa shape index (κ2) is 7.39. The van der Waals surface area contributed by atoms with E-state index in [4.69, 9.17) is 9.47 Å². The molecule has 7 atom stereocenters. The Morgan fingerprint density at radius 3 is 2.33 bits per heavy atom. The highest BCUT2D eigenvalue weighted by molar-refractivity contribution is 6.22.